The van der Waals surface area contributed by atoms with Crippen LogP contribution in [0.1, 0.15) is 41.2 Å². The molecule has 158 valence electrons. The number of benzene rings is 2. The van der Waals surface area contributed by atoms with E-state index in [1.807, 2.05) is 13.8 Å². The number of hydrogen-bond donors (Lipinski definition) is 2. The van der Waals surface area contributed by atoms with Gasteiger partial charge in [-0.05, 0) is 81.4 Å². The molecule has 5 heteroatoms. The lowest BCUT2D eigenvalue weighted by Gasteiger charge is -2.35. The highest BCUT2D eigenvalue weighted by atomic mass is 19.1. The van der Waals surface area contributed by atoms with Crippen molar-refractivity contribution in [2.45, 2.75) is 45.8 Å². The van der Waals surface area contributed by atoms with Crippen LogP contribution < -0.4 is 4.74 Å². The molecular formula is C24H32FNO3. The fourth-order valence-corrected chi connectivity index (χ4v) is 4.31. The first-order valence-electron chi connectivity index (χ1n) is 10.4. The molecular weight excluding hydrogens is 369 g/mol. The molecule has 1 aliphatic rings. The van der Waals surface area contributed by atoms with Crippen LogP contribution >= 0.6 is 0 Å². The van der Waals surface area contributed by atoms with Gasteiger partial charge in [0.05, 0.1) is 6.10 Å². The minimum atomic E-state index is -0.571. The van der Waals surface area contributed by atoms with E-state index in [0.29, 0.717) is 6.54 Å². The van der Waals surface area contributed by atoms with Crippen LogP contribution in [0.4, 0.5) is 4.39 Å². The van der Waals surface area contributed by atoms with Crippen LogP contribution in [0.3, 0.4) is 0 Å². The Kier molecular flexibility index (Phi) is 7.28. The number of likely N-dealkylation sites (tertiary alicyclic amines) is 1. The summed E-state index contributed by atoms with van der Waals surface area (Å²) in [5.74, 6) is 0.724. The topological polar surface area (TPSA) is 52.9 Å². The standard InChI is InChI=1S/C24H32FNO3/c1-16-12-17(2)24(18(3)13-16)29-15-22(27)14-26-10-8-20(9-11-26)23(28)19-4-6-21(25)7-5-19/h4-7,12-13,20,22-23,27-28H,8-11,14-15H2,1-3H3. The number of ether oxygens (including phenoxy) is 1. The number of aryl methyl sites for hydroxylation is 3. The Morgan fingerprint density at radius 3 is 2.21 bits per heavy atom. The number of halogens is 1. The molecule has 0 radical (unpaired) electrons. The third-order valence-electron chi connectivity index (χ3n) is 5.78. The third kappa shape index (κ3) is 5.78. The van der Waals surface area contributed by atoms with Crippen LogP contribution in [-0.4, -0.2) is 47.5 Å². The molecule has 0 saturated carbocycles. The molecule has 1 heterocycles. The minimum absolute atomic E-state index is 0.156. The fourth-order valence-electron chi connectivity index (χ4n) is 4.31. The molecule has 0 aromatic heterocycles. The normalized spacial score (nSPS) is 17.9. The molecule has 1 fully saturated rings. The molecule has 4 nitrogen and oxygen atoms in total. The average molecular weight is 402 g/mol. The van der Waals surface area contributed by atoms with E-state index in [-0.39, 0.29) is 18.3 Å². The summed E-state index contributed by atoms with van der Waals surface area (Å²) in [6, 6.07) is 10.3. The predicted molar refractivity (Wildman–Crippen MR) is 113 cm³/mol. The number of hydrogen-bond acceptors (Lipinski definition) is 4. The second-order valence-corrected chi connectivity index (χ2v) is 8.33. The van der Waals surface area contributed by atoms with Crippen molar-refractivity contribution in [1.29, 1.82) is 0 Å². The van der Waals surface area contributed by atoms with Crippen molar-refractivity contribution >= 4 is 0 Å². The number of aliphatic hydroxyl groups is 2. The largest absolute Gasteiger partial charge is 0.490 e. The van der Waals surface area contributed by atoms with Crippen LogP contribution in [0, 0.1) is 32.5 Å². The monoisotopic (exact) mass is 401 g/mol. The summed E-state index contributed by atoms with van der Waals surface area (Å²) in [7, 11) is 0. The molecule has 2 N–H and O–H groups in total. The molecule has 0 bridgehead atoms. The van der Waals surface area contributed by atoms with Gasteiger partial charge in [0.25, 0.3) is 0 Å². The summed E-state index contributed by atoms with van der Waals surface area (Å²) in [5, 5.41) is 21.0. The fraction of sp³-hybridized carbons (Fsp3) is 0.500. The third-order valence-corrected chi connectivity index (χ3v) is 5.78. The maximum Gasteiger partial charge on any atom is 0.125 e. The molecule has 1 saturated heterocycles. The van der Waals surface area contributed by atoms with Gasteiger partial charge in [0.2, 0.25) is 0 Å². The van der Waals surface area contributed by atoms with Crippen molar-refractivity contribution in [3.8, 4) is 5.75 Å². The van der Waals surface area contributed by atoms with Crippen LogP contribution in [-0.2, 0) is 0 Å². The predicted octanol–water partition coefficient (Wildman–Crippen LogP) is 3.94. The van der Waals surface area contributed by atoms with Gasteiger partial charge in [-0.3, -0.25) is 0 Å². The molecule has 3 rings (SSSR count). The van der Waals surface area contributed by atoms with Gasteiger partial charge in [-0.1, -0.05) is 29.8 Å². The minimum Gasteiger partial charge on any atom is -0.490 e. The number of β-amino-alcohol motifs (C(OH)–C–C–N with tert-alkyl or cyclic N) is 1. The van der Waals surface area contributed by atoms with Gasteiger partial charge in [0, 0.05) is 6.54 Å². The van der Waals surface area contributed by atoms with Gasteiger partial charge >= 0.3 is 0 Å². The van der Waals surface area contributed by atoms with Gasteiger partial charge in [0.15, 0.2) is 0 Å². The molecule has 2 atom stereocenters. The van der Waals surface area contributed by atoms with E-state index < -0.39 is 12.2 Å². The lowest BCUT2D eigenvalue weighted by atomic mass is 9.87. The molecule has 1 aliphatic heterocycles. The Balaban J connectivity index is 1.45. The van der Waals surface area contributed by atoms with Crippen LogP contribution in [0.5, 0.6) is 5.75 Å². The number of aliphatic hydroxyl groups excluding tert-OH is 2. The van der Waals surface area contributed by atoms with E-state index in [4.69, 9.17) is 4.74 Å². The lowest BCUT2D eigenvalue weighted by Crippen LogP contribution is -2.41. The zero-order valence-electron chi connectivity index (χ0n) is 17.6. The summed E-state index contributed by atoms with van der Waals surface area (Å²) in [6.07, 6.45) is 0.567. The lowest BCUT2D eigenvalue weighted by molar-refractivity contribution is 0.0277. The highest BCUT2D eigenvalue weighted by molar-refractivity contribution is 5.42. The van der Waals surface area contributed by atoms with Gasteiger partial charge in [-0.25, -0.2) is 4.39 Å². The van der Waals surface area contributed by atoms with Crippen molar-refractivity contribution in [2.24, 2.45) is 5.92 Å². The maximum atomic E-state index is 13.1. The molecule has 0 amide bonds. The van der Waals surface area contributed by atoms with Crippen molar-refractivity contribution < 1.29 is 19.3 Å². The van der Waals surface area contributed by atoms with Gasteiger partial charge in [-0.2, -0.15) is 0 Å². The first-order chi connectivity index (χ1) is 13.8. The highest BCUT2D eigenvalue weighted by Gasteiger charge is 2.27. The zero-order chi connectivity index (χ0) is 21.0. The molecule has 2 aromatic rings. The highest BCUT2D eigenvalue weighted by Crippen LogP contribution is 2.31. The van der Waals surface area contributed by atoms with E-state index >= 15 is 0 Å². The van der Waals surface area contributed by atoms with Crippen LogP contribution in [0.2, 0.25) is 0 Å². The zero-order valence-corrected chi connectivity index (χ0v) is 17.6. The summed E-state index contributed by atoms with van der Waals surface area (Å²) in [6.45, 7) is 8.59. The summed E-state index contributed by atoms with van der Waals surface area (Å²) in [4.78, 5) is 2.22. The molecule has 29 heavy (non-hydrogen) atoms. The molecule has 0 spiro atoms. The SMILES string of the molecule is Cc1cc(C)c(OCC(O)CN2CCC(C(O)c3ccc(F)cc3)CC2)c(C)c1. The van der Waals surface area contributed by atoms with E-state index in [1.165, 1.54) is 17.7 Å². The second-order valence-electron chi connectivity index (χ2n) is 8.33. The maximum absolute atomic E-state index is 13.1. The van der Waals surface area contributed by atoms with Crippen LogP contribution in [0.15, 0.2) is 36.4 Å². The van der Waals surface area contributed by atoms with E-state index in [1.54, 1.807) is 12.1 Å². The Morgan fingerprint density at radius 1 is 1.03 bits per heavy atom. The van der Waals surface area contributed by atoms with Crippen molar-refractivity contribution in [2.75, 3.05) is 26.2 Å². The Labute approximate surface area is 172 Å². The average Bonchev–Trinajstić information content (AvgIpc) is 2.68. The number of nitrogens with zero attached hydrogens (tertiary/aromatic N) is 1. The number of rotatable bonds is 7. The van der Waals surface area contributed by atoms with Crippen molar-refractivity contribution in [3.63, 3.8) is 0 Å². The summed E-state index contributed by atoms with van der Waals surface area (Å²) in [5.41, 5.74) is 4.15. The van der Waals surface area contributed by atoms with Gasteiger partial charge < -0.3 is 19.8 Å². The number of piperidine rings is 1. The molecule has 0 aliphatic carbocycles. The molecule has 2 unspecified atom stereocenters. The van der Waals surface area contributed by atoms with Crippen LogP contribution in [0.25, 0.3) is 0 Å². The quantitative estimate of drug-likeness (QED) is 0.738. The Bertz CT molecular complexity index is 777. The molecule has 2 aromatic carbocycles. The Morgan fingerprint density at radius 2 is 1.62 bits per heavy atom. The van der Waals surface area contributed by atoms with Crippen molar-refractivity contribution in [1.82, 2.24) is 4.90 Å². The second kappa shape index (κ2) is 9.70. The van der Waals surface area contributed by atoms with E-state index in [0.717, 1.165) is 48.4 Å². The van der Waals surface area contributed by atoms with Gasteiger partial charge in [-0.15, -0.1) is 0 Å². The van der Waals surface area contributed by atoms with E-state index in [2.05, 4.69) is 24.0 Å². The first kappa shape index (κ1) is 21.8. The smallest absolute Gasteiger partial charge is 0.125 e. The van der Waals surface area contributed by atoms with Crippen molar-refractivity contribution in [3.05, 3.63) is 64.5 Å². The first-order valence-corrected chi connectivity index (χ1v) is 10.4. The summed E-state index contributed by atoms with van der Waals surface area (Å²) < 4.78 is 19.0. The van der Waals surface area contributed by atoms with Gasteiger partial charge in [0.1, 0.15) is 24.3 Å². The van der Waals surface area contributed by atoms with E-state index in [9.17, 15) is 14.6 Å². The Hall–Kier alpha value is -1.95. The summed E-state index contributed by atoms with van der Waals surface area (Å²) >= 11 is 0.